The maximum Gasteiger partial charge on any atom is 0.268 e. The minimum absolute atomic E-state index is 0.111. The van der Waals surface area contributed by atoms with Crippen molar-refractivity contribution in [3.05, 3.63) is 45.6 Å². The van der Waals surface area contributed by atoms with Gasteiger partial charge in [-0.15, -0.1) is 11.3 Å². The van der Waals surface area contributed by atoms with Gasteiger partial charge in [0.05, 0.1) is 20.6 Å². The van der Waals surface area contributed by atoms with Crippen molar-refractivity contribution in [2.45, 2.75) is 0 Å². The summed E-state index contributed by atoms with van der Waals surface area (Å²) >= 11 is 7.07. The van der Waals surface area contributed by atoms with Crippen LogP contribution in [0.5, 0.6) is 0 Å². The molecule has 1 heterocycles. The molecule has 0 saturated carbocycles. The zero-order chi connectivity index (χ0) is 12.4. The van der Waals surface area contributed by atoms with Crippen LogP contribution in [0.3, 0.4) is 0 Å². The van der Waals surface area contributed by atoms with Crippen LogP contribution in [-0.4, -0.2) is 13.0 Å². The largest absolute Gasteiger partial charge is 0.397 e. The Morgan fingerprint density at radius 1 is 1.29 bits per heavy atom. The second-order valence-corrected chi connectivity index (χ2v) is 5.24. The van der Waals surface area contributed by atoms with Gasteiger partial charge in [-0.1, -0.05) is 23.7 Å². The average Bonchev–Trinajstić information content (AvgIpc) is 2.75. The maximum absolute atomic E-state index is 12.1. The number of halogens is 1. The third kappa shape index (κ3) is 2.43. The molecule has 2 rings (SSSR count). The van der Waals surface area contributed by atoms with Crippen molar-refractivity contribution >= 4 is 40.2 Å². The molecule has 2 aromatic rings. The van der Waals surface area contributed by atoms with E-state index < -0.39 is 0 Å². The lowest BCUT2D eigenvalue weighted by Crippen LogP contribution is -2.26. The maximum atomic E-state index is 12.1. The lowest BCUT2D eigenvalue weighted by molar-refractivity contribution is 0.0997. The molecule has 0 unspecified atom stereocenters. The monoisotopic (exact) mass is 266 g/mol. The highest BCUT2D eigenvalue weighted by Gasteiger charge is 2.16. The quantitative estimate of drug-likeness (QED) is 0.848. The average molecular weight is 267 g/mol. The molecule has 0 aliphatic heterocycles. The molecule has 0 radical (unpaired) electrons. The number of nitrogen functional groups attached to an aromatic ring is 1. The summed E-state index contributed by atoms with van der Waals surface area (Å²) in [4.78, 5) is 14.3. The van der Waals surface area contributed by atoms with Crippen molar-refractivity contribution in [2.24, 2.45) is 0 Å². The molecule has 1 amide bonds. The van der Waals surface area contributed by atoms with E-state index in [1.54, 1.807) is 25.2 Å². The van der Waals surface area contributed by atoms with Crippen molar-refractivity contribution in [1.29, 1.82) is 0 Å². The number of rotatable bonds is 2. The van der Waals surface area contributed by atoms with Crippen molar-refractivity contribution in [3.63, 3.8) is 0 Å². The molecule has 3 nitrogen and oxygen atoms in total. The van der Waals surface area contributed by atoms with Crippen molar-refractivity contribution in [2.75, 3.05) is 17.7 Å². The topological polar surface area (TPSA) is 46.3 Å². The number of amides is 1. The Morgan fingerprint density at radius 3 is 2.59 bits per heavy atom. The number of hydrogen-bond acceptors (Lipinski definition) is 3. The van der Waals surface area contributed by atoms with E-state index in [1.165, 1.54) is 16.2 Å². The molecule has 2 N–H and O–H groups in total. The molecule has 88 valence electrons. The van der Waals surface area contributed by atoms with Gasteiger partial charge in [0, 0.05) is 7.05 Å². The van der Waals surface area contributed by atoms with E-state index in [-0.39, 0.29) is 5.91 Å². The van der Waals surface area contributed by atoms with E-state index in [0.717, 1.165) is 0 Å². The SMILES string of the molecule is CN(C(=O)c1ccc(Cl)s1)c1ccccc1N. The molecular formula is C12H11ClN2OS. The number of nitrogens with two attached hydrogens (primary N) is 1. The number of hydrogen-bond donors (Lipinski definition) is 1. The smallest absolute Gasteiger partial charge is 0.268 e. The van der Waals surface area contributed by atoms with Crippen LogP contribution in [0.4, 0.5) is 11.4 Å². The normalized spacial score (nSPS) is 10.2. The zero-order valence-corrected chi connectivity index (χ0v) is 10.8. The van der Waals surface area contributed by atoms with E-state index in [4.69, 9.17) is 17.3 Å². The van der Waals surface area contributed by atoms with Gasteiger partial charge in [-0.3, -0.25) is 4.79 Å². The van der Waals surface area contributed by atoms with Gasteiger partial charge in [0.25, 0.3) is 5.91 Å². The van der Waals surface area contributed by atoms with Crippen LogP contribution in [-0.2, 0) is 0 Å². The van der Waals surface area contributed by atoms with Crippen LogP contribution in [0.2, 0.25) is 4.34 Å². The highest BCUT2D eigenvalue weighted by molar-refractivity contribution is 7.18. The van der Waals surface area contributed by atoms with E-state index in [9.17, 15) is 4.79 Å². The lowest BCUT2D eigenvalue weighted by Gasteiger charge is -2.18. The van der Waals surface area contributed by atoms with Crippen LogP contribution in [0.15, 0.2) is 36.4 Å². The summed E-state index contributed by atoms with van der Waals surface area (Å²) in [6.45, 7) is 0. The molecule has 1 aromatic heterocycles. The Balaban J connectivity index is 2.29. The second-order valence-electron chi connectivity index (χ2n) is 3.53. The predicted molar refractivity (Wildman–Crippen MR) is 72.9 cm³/mol. The van der Waals surface area contributed by atoms with Gasteiger partial charge in [-0.05, 0) is 24.3 Å². The fraction of sp³-hybridized carbons (Fsp3) is 0.0833. The molecule has 17 heavy (non-hydrogen) atoms. The number of anilines is 2. The van der Waals surface area contributed by atoms with Gasteiger partial charge >= 0.3 is 0 Å². The molecule has 0 saturated heterocycles. The third-order valence-electron chi connectivity index (χ3n) is 2.39. The Labute approximate surface area is 108 Å². The van der Waals surface area contributed by atoms with Gasteiger partial charge in [0.1, 0.15) is 0 Å². The van der Waals surface area contributed by atoms with Gasteiger partial charge in [-0.25, -0.2) is 0 Å². The van der Waals surface area contributed by atoms with E-state index in [0.29, 0.717) is 20.6 Å². The minimum atomic E-state index is -0.111. The summed E-state index contributed by atoms with van der Waals surface area (Å²) in [5.41, 5.74) is 7.10. The first-order valence-electron chi connectivity index (χ1n) is 4.97. The summed E-state index contributed by atoms with van der Waals surface area (Å²) in [6, 6.07) is 10.7. The fourth-order valence-corrected chi connectivity index (χ4v) is 2.52. The number of para-hydroxylation sites is 2. The predicted octanol–water partition coefficient (Wildman–Crippen LogP) is 3.26. The molecule has 0 aliphatic carbocycles. The van der Waals surface area contributed by atoms with Crippen molar-refractivity contribution < 1.29 is 4.79 Å². The van der Waals surface area contributed by atoms with Crippen LogP contribution in [0, 0.1) is 0 Å². The first kappa shape index (κ1) is 12.0. The van der Waals surface area contributed by atoms with Crippen LogP contribution in [0.25, 0.3) is 0 Å². The van der Waals surface area contributed by atoms with Gasteiger partial charge in [0.15, 0.2) is 0 Å². The standard InChI is InChI=1S/C12H11ClN2OS/c1-15(9-5-3-2-4-8(9)14)12(16)10-6-7-11(13)17-10/h2-7H,14H2,1H3. The molecule has 0 atom stereocenters. The van der Waals surface area contributed by atoms with Crippen molar-refractivity contribution in [1.82, 2.24) is 0 Å². The molecule has 0 fully saturated rings. The molecule has 0 spiro atoms. The van der Waals surface area contributed by atoms with Gasteiger partial charge < -0.3 is 10.6 Å². The number of nitrogens with zero attached hydrogens (tertiary/aromatic N) is 1. The zero-order valence-electron chi connectivity index (χ0n) is 9.18. The molecular weight excluding hydrogens is 256 g/mol. The lowest BCUT2D eigenvalue weighted by atomic mass is 10.2. The highest BCUT2D eigenvalue weighted by atomic mass is 35.5. The summed E-state index contributed by atoms with van der Waals surface area (Å²) in [5.74, 6) is -0.111. The molecule has 0 bridgehead atoms. The Kier molecular flexibility index (Phi) is 3.36. The summed E-state index contributed by atoms with van der Waals surface area (Å²) in [5, 5.41) is 0. The van der Waals surface area contributed by atoms with E-state index in [1.807, 2.05) is 18.2 Å². The van der Waals surface area contributed by atoms with Crippen molar-refractivity contribution in [3.8, 4) is 0 Å². The highest BCUT2D eigenvalue weighted by Crippen LogP contribution is 2.26. The summed E-state index contributed by atoms with van der Waals surface area (Å²) in [6.07, 6.45) is 0. The van der Waals surface area contributed by atoms with E-state index >= 15 is 0 Å². The first-order chi connectivity index (χ1) is 8.09. The second kappa shape index (κ2) is 4.77. The van der Waals surface area contributed by atoms with Crippen LogP contribution in [0.1, 0.15) is 9.67 Å². The minimum Gasteiger partial charge on any atom is -0.397 e. The number of carbonyl (C=O) groups is 1. The molecule has 1 aromatic carbocycles. The fourth-order valence-electron chi connectivity index (χ4n) is 1.50. The van der Waals surface area contributed by atoms with Crippen LogP contribution >= 0.6 is 22.9 Å². The Bertz CT molecular complexity index is 553. The van der Waals surface area contributed by atoms with Gasteiger partial charge in [0.2, 0.25) is 0 Å². The Hall–Kier alpha value is -1.52. The summed E-state index contributed by atoms with van der Waals surface area (Å²) < 4.78 is 0.600. The molecule has 0 aliphatic rings. The molecule has 5 heteroatoms. The number of carbonyl (C=O) groups excluding carboxylic acids is 1. The van der Waals surface area contributed by atoms with Gasteiger partial charge in [-0.2, -0.15) is 0 Å². The van der Waals surface area contributed by atoms with Crippen LogP contribution < -0.4 is 10.6 Å². The summed E-state index contributed by atoms with van der Waals surface area (Å²) in [7, 11) is 1.70. The van der Waals surface area contributed by atoms with E-state index in [2.05, 4.69) is 0 Å². The third-order valence-corrected chi connectivity index (χ3v) is 3.61. The Morgan fingerprint density at radius 2 is 2.00 bits per heavy atom. The number of thiophene rings is 1. The first-order valence-corrected chi connectivity index (χ1v) is 6.17. The number of benzene rings is 1.